The van der Waals surface area contributed by atoms with Crippen LogP contribution in [-0.2, 0) is 0 Å². The Morgan fingerprint density at radius 1 is 0.840 bits per heavy atom. The third kappa shape index (κ3) is 3.96. The molecule has 0 aliphatic rings. The zero-order chi connectivity index (χ0) is 17.8. The standard InChI is InChI=1S/C10H11N3.C9H10N2S/c1-7(2)8-5-9-10(6-13-8)12-4-3-11-9;1-6(2)8-9-7(12-11-8)4-3-5-10-9/h3-7H,1-2H3;3-6H,1-2H3. The molecule has 4 heterocycles. The van der Waals surface area contributed by atoms with E-state index in [1.807, 2.05) is 18.3 Å². The van der Waals surface area contributed by atoms with Crippen LogP contribution in [-0.4, -0.2) is 24.3 Å². The molecule has 0 aromatic carbocycles. The van der Waals surface area contributed by atoms with Gasteiger partial charge in [-0.2, -0.15) is 4.37 Å². The van der Waals surface area contributed by atoms with Crippen molar-refractivity contribution in [1.29, 1.82) is 0 Å². The third-order valence-electron chi connectivity index (χ3n) is 3.77. The Bertz CT molecular complexity index is 978. The van der Waals surface area contributed by atoms with Gasteiger partial charge in [0.25, 0.3) is 0 Å². The molecule has 0 saturated heterocycles. The van der Waals surface area contributed by atoms with Crippen molar-refractivity contribution in [3.8, 4) is 0 Å². The van der Waals surface area contributed by atoms with Gasteiger partial charge in [-0.3, -0.25) is 19.9 Å². The van der Waals surface area contributed by atoms with Gasteiger partial charge in [0.2, 0.25) is 0 Å². The molecule has 0 aliphatic carbocycles. The Morgan fingerprint density at radius 3 is 2.32 bits per heavy atom. The van der Waals surface area contributed by atoms with Crippen molar-refractivity contribution in [1.82, 2.24) is 24.3 Å². The fourth-order valence-electron chi connectivity index (χ4n) is 2.38. The van der Waals surface area contributed by atoms with E-state index in [4.69, 9.17) is 0 Å². The van der Waals surface area contributed by atoms with Crippen LogP contribution in [0.2, 0.25) is 0 Å². The number of fused-ring (bicyclic) bond motifs is 2. The normalized spacial score (nSPS) is 11.1. The van der Waals surface area contributed by atoms with Crippen molar-refractivity contribution in [2.75, 3.05) is 0 Å². The fourth-order valence-corrected chi connectivity index (χ4v) is 3.25. The van der Waals surface area contributed by atoms with Gasteiger partial charge in [-0.05, 0) is 41.6 Å². The molecule has 0 N–H and O–H groups in total. The summed E-state index contributed by atoms with van der Waals surface area (Å²) in [6, 6.07) is 6.00. The number of pyridine rings is 2. The molecule has 0 saturated carbocycles. The monoisotopic (exact) mass is 351 g/mol. The highest BCUT2D eigenvalue weighted by molar-refractivity contribution is 7.13. The lowest BCUT2D eigenvalue weighted by Gasteiger charge is -2.03. The van der Waals surface area contributed by atoms with Crippen molar-refractivity contribution in [3.05, 3.63) is 54.4 Å². The molecule has 6 heteroatoms. The summed E-state index contributed by atoms with van der Waals surface area (Å²) in [6.45, 7) is 8.52. The minimum Gasteiger partial charge on any atom is -0.259 e. The maximum absolute atomic E-state index is 4.37. The van der Waals surface area contributed by atoms with Gasteiger partial charge < -0.3 is 0 Å². The molecule has 0 bridgehead atoms. The van der Waals surface area contributed by atoms with Crippen molar-refractivity contribution < 1.29 is 0 Å². The van der Waals surface area contributed by atoms with Gasteiger partial charge in [0.05, 0.1) is 22.1 Å². The number of aromatic nitrogens is 5. The van der Waals surface area contributed by atoms with Crippen LogP contribution in [0.1, 0.15) is 50.9 Å². The van der Waals surface area contributed by atoms with Gasteiger partial charge in [-0.15, -0.1) is 0 Å². The Labute approximate surface area is 151 Å². The van der Waals surface area contributed by atoms with Crippen LogP contribution in [0.25, 0.3) is 21.3 Å². The molecular formula is C19H21N5S. The largest absolute Gasteiger partial charge is 0.259 e. The van der Waals surface area contributed by atoms with E-state index >= 15 is 0 Å². The molecule has 128 valence electrons. The molecule has 0 aliphatic heterocycles. The van der Waals surface area contributed by atoms with E-state index in [1.165, 1.54) is 16.2 Å². The zero-order valence-electron chi connectivity index (χ0n) is 14.8. The molecule has 0 amide bonds. The highest BCUT2D eigenvalue weighted by atomic mass is 32.1. The highest BCUT2D eigenvalue weighted by Gasteiger charge is 2.09. The first-order valence-electron chi connectivity index (χ1n) is 8.33. The van der Waals surface area contributed by atoms with Crippen LogP contribution in [0, 0.1) is 0 Å². The summed E-state index contributed by atoms with van der Waals surface area (Å²) in [5.74, 6) is 0.903. The number of hydrogen-bond acceptors (Lipinski definition) is 6. The molecule has 4 aromatic heterocycles. The van der Waals surface area contributed by atoms with Gasteiger partial charge in [-0.1, -0.05) is 27.7 Å². The molecule has 0 unspecified atom stereocenters. The van der Waals surface area contributed by atoms with Crippen molar-refractivity contribution in [2.24, 2.45) is 0 Å². The van der Waals surface area contributed by atoms with E-state index < -0.39 is 0 Å². The Balaban J connectivity index is 0.000000146. The van der Waals surface area contributed by atoms with E-state index in [9.17, 15) is 0 Å². The SMILES string of the molecule is CC(C)c1cc2nccnc2cn1.CC(C)c1nsc2cccnc12. The van der Waals surface area contributed by atoms with Gasteiger partial charge in [-0.25, -0.2) is 0 Å². The maximum atomic E-state index is 4.37. The second-order valence-corrected chi connectivity index (χ2v) is 7.19. The van der Waals surface area contributed by atoms with Gasteiger partial charge in [0, 0.05) is 24.3 Å². The highest BCUT2D eigenvalue weighted by Crippen LogP contribution is 2.25. The van der Waals surface area contributed by atoms with Crippen LogP contribution < -0.4 is 0 Å². The first-order valence-corrected chi connectivity index (χ1v) is 9.10. The van der Waals surface area contributed by atoms with Crippen LogP contribution in [0.15, 0.2) is 43.0 Å². The lowest BCUT2D eigenvalue weighted by atomic mass is 10.1. The second kappa shape index (κ2) is 7.61. The molecule has 25 heavy (non-hydrogen) atoms. The van der Waals surface area contributed by atoms with Crippen molar-refractivity contribution >= 4 is 32.8 Å². The second-order valence-electron chi connectivity index (χ2n) is 6.38. The third-order valence-corrected chi connectivity index (χ3v) is 4.59. The average molecular weight is 351 g/mol. The number of hydrogen-bond donors (Lipinski definition) is 0. The van der Waals surface area contributed by atoms with E-state index in [0.29, 0.717) is 11.8 Å². The molecule has 0 radical (unpaired) electrons. The summed E-state index contributed by atoms with van der Waals surface area (Å²) in [5, 5.41) is 0. The van der Waals surface area contributed by atoms with E-state index in [1.54, 1.807) is 18.6 Å². The van der Waals surface area contributed by atoms with E-state index in [0.717, 1.165) is 27.9 Å². The summed E-state index contributed by atoms with van der Waals surface area (Å²) < 4.78 is 5.56. The maximum Gasteiger partial charge on any atom is 0.107 e. The fraction of sp³-hybridized carbons (Fsp3) is 0.316. The topological polar surface area (TPSA) is 64.5 Å². The molecular weight excluding hydrogens is 330 g/mol. The lowest BCUT2D eigenvalue weighted by Crippen LogP contribution is -1.93. The summed E-state index contributed by atoms with van der Waals surface area (Å²) in [7, 11) is 0. The smallest absolute Gasteiger partial charge is 0.107 e. The molecule has 0 fully saturated rings. The number of rotatable bonds is 2. The quantitative estimate of drug-likeness (QED) is 0.510. The van der Waals surface area contributed by atoms with E-state index in [2.05, 4.69) is 58.1 Å². The first-order chi connectivity index (χ1) is 12.1. The Hall–Kier alpha value is -2.47. The predicted molar refractivity (Wildman–Crippen MR) is 103 cm³/mol. The van der Waals surface area contributed by atoms with Crippen molar-refractivity contribution in [3.63, 3.8) is 0 Å². The molecule has 0 atom stereocenters. The minimum atomic E-state index is 0.436. The lowest BCUT2D eigenvalue weighted by molar-refractivity contribution is 0.825. The van der Waals surface area contributed by atoms with Crippen molar-refractivity contribution in [2.45, 2.75) is 39.5 Å². The van der Waals surface area contributed by atoms with Crippen LogP contribution >= 0.6 is 11.5 Å². The Kier molecular flexibility index (Phi) is 5.28. The summed E-state index contributed by atoms with van der Waals surface area (Å²) in [6.07, 6.45) is 6.98. The molecule has 0 spiro atoms. The summed E-state index contributed by atoms with van der Waals surface area (Å²) in [5.41, 5.74) is 5.02. The molecule has 4 aromatic rings. The van der Waals surface area contributed by atoms with Gasteiger partial charge in [0.1, 0.15) is 11.0 Å². The van der Waals surface area contributed by atoms with Crippen LogP contribution in [0.5, 0.6) is 0 Å². The van der Waals surface area contributed by atoms with Gasteiger partial charge >= 0.3 is 0 Å². The number of nitrogens with zero attached hydrogens (tertiary/aromatic N) is 5. The molecule has 5 nitrogen and oxygen atoms in total. The predicted octanol–water partition coefficient (Wildman–Crippen LogP) is 4.96. The van der Waals surface area contributed by atoms with E-state index in [-0.39, 0.29) is 0 Å². The Morgan fingerprint density at radius 2 is 1.60 bits per heavy atom. The summed E-state index contributed by atoms with van der Waals surface area (Å²) in [4.78, 5) is 17.0. The zero-order valence-corrected chi connectivity index (χ0v) is 15.7. The average Bonchev–Trinajstić information content (AvgIpc) is 3.06. The summed E-state index contributed by atoms with van der Waals surface area (Å²) >= 11 is 1.53. The van der Waals surface area contributed by atoms with Gasteiger partial charge in [0.15, 0.2) is 0 Å². The van der Waals surface area contributed by atoms with Crippen LogP contribution in [0.4, 0.5) is 0 Å². The minimum absolute atomic E-state index is 0.436. The van der Waals surface area contributed by atoms with Crippen LogP contribution in [0.3, 0.4) is 0 Å². The molecule has 4 rings (SSSR count). The first kappa shape index (κ1) is 17.4.